The average Bonchev–Trinajstić information content (AvgIpc) is 2.92. The molecule has 1 aliphatic rings. The maximum atomic E-state index is 11.4. The van der Waals surface area contributed by atoms with Gasteiger partial charge in [-0.2, -0.15) is 0 Å². The summed E-state index contributed by atoms with van der Waals surface area (Å²) in [6.07, 6.45) is 3.51. The number of aryl methyl sites for hydroxylation is 3. The molecule has 2 aromatic rings. The molecule has 5 nitrogen and oxygen atoms in total. The van der Waals surface area contributed by atoms with Crippen molar-refractivity contribution in [1.82, 2.24) is 9.55 Å². The van der Waals surface area contributed by atoms with E-state index in [1.54, 1.807) is 7.11 Å². The molecule has 1 aromatic carbocycles. The monoisotopic (exact) mass is 300 g/mol. The highest BCUT2D eigenvalue weighted by Crippen LogP contribution is 2.33. The van der Waals surface area contributed by atoms with Crippen LogP contribution in [0.1, 0.15) is 35.7 Å². The number of hydrogen-bond donors (Lipinski definition) is 1. The number of fused-ring (bicyclic) bond motifs is 1. The number of carbonyl (C=O) groups is 1. The molecule has 0 aliphatic carbocycles. The van der Waals surface area contributed by atoms with Crippen molar-refractivity contribution in [2.75, 3.05) is 7.11 Å². The molecule has 0 saturated heterocycles. The first-order chi connectivity index (χ1) is 10.5. The molecule has 1 N–H and O–H groups in total. The molecule has 2 heterocycles. The normalized spacial score (nSPS) is 17.1. The van der Waals surface area contributed by atoms with Gasteiger partial charge in [-0.25, -0.2) is 4.98 Å². The van der Waals surface area contributed by atoms with Gasteiger partial charge in [-0.3, -0.25) is 4.79 Å². The summed E-state index contributed by atoms with van der Waals surface area (Å²) < 4.78 is 7.33. The van der Waals surface area contributed by atoms with Gasteiger partial charge < -0.3 is 14.4 Å². The molecule has 0 spiro atoms. The van der Waals surface area contributed by atoms with Crippen molar-refractivity contribution >= 4 is 5.97 Å². The van der Waals surface area contributed by atoms with Crippen molar-refractivity contribution in [3.63, 3.8) is 0 Å². The second-order valence-electron chi connectivity index (χ2n) is 5.85. The first-order valence-electron chi connectivity index (χ1n) is 7.46. The molecule has 1 atom stereocenters. The predicted octanol–water partition coefficient (Wildman–Crippen LogP) is 3.14. The summed E-state index contributed by atoms with van der Waals surface area (Å²) in [7, 11) is 1.66. The number of carboxylic acids is 1. The molecule has 0 saturated carbocycles. The lowest BCUT2D eigenvalue weighted by Crippen LogP contribution is -2.21. The van der Waals surface area contributed by atoms with Crippen LogP contribution >= 0.6 is 0 Å². The van der Waals surface area contributed by atoms with E-state index in [1.807, 2.05) is 30.7 Å². The van der Waals surface area contributed by atoms with Gasteiger partial charge in [-0.15, -0.1) is 0 Å². The minimum atomic E-state index is -0.791. The van der Waals surface area contributed by atoms with Crippen LogP contribution in [0.4, 0.5) is 0 Å². The minimum absolute atomic E-state index is 0.498. The number of aliphatic carboxylic acids is 1. The van der Waals surface area contributed by atoms with E-state index in [9.17, 15) is 9.90 Å². The van der Waals surface area contributed by atoms with Gasteiger partial charge in [0.1, 0.15) is 17.5 Å². The average molecular weight is 300 g/mol. The lowest BCUT2D eigenvalue weighted by atomic mass is 9.99. The fourth-order valence-corrected chi connectivity index (χ4v) is 3.13. The summed E-state index contributed by atoms with van der Waals surface area (Å²) in [6, 6.07) is 4.05. The van der Waals surface area contributed by atoms with Gasteiger partial charge in [0.25, 0.3) is 0 Å². The largest absolute Gasteiger partial charge is 0.496 e. The van der Waals surface area contributed by atoms with Crippen LogP contribution in [-0.2, 0) is 11.3 Å². The van der Waals surface area contributed by atoms with E-state index in [2.05, 4.69) is 11.1 Å². The molecule has 1 aromatic heterocycles. The lowest BCUT2D eigenvalue weighted by molar-refractivity contribution is -0.139. The molecular formula is C17H20N2O3. The number of imidazole rings is 1. The zero-order chi connectivity index (χ0) is 15.9. The van der Waals surface area contributed by atoms with Gasteiger partial charge >= 0.3 is 5.97 Å². The van der Waals surface area contributed by atoms with Gasteiger partial charge in [-0.1, -0.05) is 0 Å². The van der Waals surface area contributed by atoms with Crippen molar-refractivity contribution in [1.29, 1.82) is 0 Å². The number of methoxy groups -OCH3 is 1. The Morgan fingerprint density at radius 3 is 2.82 bits per heavy atom. The van der Waals surface area contributed by atoms with Crippen LogP contribution in [0, 0.1) is 13.8 Å². The second-order valence-corrected chi connectivity index (χ2v) is 5.85. The highest BCUT2D eigenvalue weighted by atomic mass is 16.5. The summed E-state index contributed by atoms with van der Waals surface area (Å²) in [4.78, 5) is 16.0. The third-order valence-corrected chi connectivity index (χ3v) is 4.33. The topological polar surface area (TPSA) is 64.4 Å². The van der Waals surface area contributed by atoms with Crippen LogP contribution in [0.25, 0.3) is 11.3 Å². The molecule has 1 unspecified atom stereocenters. The van der Waals surface area contributed by atoms with Gasteiger partial charge in [0, 0.05) is 18.3 Å². The maximum Gasteiger partial charge on any atom is 0.314 e. The Labute approximate surface area is 129 Å². The first kappa shape index (κ1) is 14.6. The summed E-state index contributed by atoms with van der Waals surface area (Å²) >= 11 is 0. The smallest absolute Gasteiger partial charge is 0.314 e. The van der Waals surface area contributed by atoms with Crippen LogP contribution in [0.5, 0.6) is 5.75 Å². The zero-order valence-electron chi connectivity index (χ0n) is 13.1. The molecule has 22 heavy (non-hydrogen) atoms. The number of benzene rings is 1. The minimum Gasteiger partial charge on any atom is -0.496 e. The Kier molecular flexibility index (Phi) is 3.64. The Bertz CT molecular complexity index is 734. The summed E-state index contributed by atoms with van der Waals surface area (Å²) in [5.74, 6) is 0.234. The van der Waals surface area contributed by atoms with E-state index >= 15 is 0 Å². The molecule has 0 amide bonds. The quantitative estimate of drug-likeness (QED) is 0.945. The van der Waals surface area contributed by atoms with Crippen LogP contribution in [-0.4, -0.2) is 27.7 Å². The molecule has 116 valence electrons. The Balaban J connectivity index is 2.07. The van der Waals surface area contributed by atoms with Crippen LogP contribution in [0.2, 0.25) is 0 Å². The van der Waals surface area contributed by atoms with Crippen molar-refractivity contribution in [3.8, 4) is 17.0 Å². The van der Waals surface area contributed by atoms with Gasteiger partial charge in [-0.05, 0) is 49.9 Å². The molecular weight excluding hydrogens is 280 g/mol. The van der Waals surface area contributed by atoms with E-state index in [0.29, 0.717) is 12.2 Å². The zero-order valence-corrected chi connectivity index (χ0v) is 13.1. The third kappa shape index (κ3) is 2.36. The van der Waals surface area contributed by atoms with E-state index in [4.69, 9.17) is 4.74 Å². The van der Waals surface area contributed by atoms with Gasteiger partial charge in [0.05, 0.1) is 12.8 Å². The Hall–Kier alpha value is -2.30. The number of nitrogens with zero attached hydrogens (tertiary/aromatic N) is 2. The summed E-state index contributed by atoms with van der Waals surface area (Å²) in [6.45, 7) is 4.85. The van der Waals surface area contributed by atoms with E-state index < -0.39 is 11.9 Å². The Morgan fingerprint density at radius 2 is 2.14 bits per heavy atom. The highest BCUT2D eigenvalue weighted by molar-refractivity contribution is 5.76. The summed E-state index contributed by atoms with van der Waals surface area (Å²) in [5.41, 5.74) is 3.99. The fraction of sp³-hybridized carbons (Fsp3) is 0.412. The Morgan fingerprint density at radius 1 is 1.36 bits per heavy atom. The number of carboxylic acid groups (broad SMARTS) is 1. The van der Waals surface area contributed by atoms with E-state index in [0.717, 1.165) is 41.1 Å². The lowest BCUT2D eigenvalue weighted by Gasteiger charge is -2.19. The fourth-order valence-electron chi connectivity index (χ4n) is 3.13. The van der Waals surface area contributed by atoms with Gasteiger partial charge in [0.2, 0.25) is 0 Å². The van der Waals surface area contributed by atoms with Crippen LogP contribution in [0.3, 0.4) is 0 Å². The van der Waals surface area contributed by atoms with Crippen LogP contribution in [0.15, 0.2) is 18.3 Å². The predicted molar refractivity (Wildman–Crippen MR) is 83.3 cm³/mol. The van der Waals surface area contributed by atoms with Crippen molar-refractivity contribution < 1.29 is 14.6 Å². The number of aromatic nitrogens is 2. The second kappa shape index (κ2) is 5.48. The summed E-state index contributed by atoms with van der Waals surface area (Å²) in [5, 5.41) is 9.36. The molecule has 0 radical (unpaired) electrons. The molecule has 1 aliphatic heterocycles. The van der Waals surface area contributed by atoms with E-state index in [-0.39, 0.29) is 0 Å². The van der Waals surface area contributed by atoms with Crippen molar-refractivity contribution in [2.24, 2.45) is 0 Å². The maximum absolute atomic E-state index is 11.4. The van der Waals surface area contributed by atoms with Crippen LogP contribution < -0.4 is 4.74 Å². The van der Waals surface area contributed by atoms with Gasteiger partial charge in [0.15, 0.2) is 0 Å². The number of rotatable bonds is 3. The van der Waals surface area contributed by atoms with E-state index in [1.165, 1.54) is 0 Å². The standard InChI is InChI=1S/C17H20N2O3/c1-10-8-15(22-3)11(2)7-13(10)14-9-19-6-4-5-12(17(20)21)16(19)18-14/h7-9,12H,4-6H2,1-3H3,(H,20,21). The molecule has 0 fully saturated rings. The molecule has 0 bridgehead atoms. The number of hydrogen-bond acceptors (Lipinski definition) is 3. The third-order valence-electron chi connectivity index (χ3n) is 4.33. The highest BCUT2D eigenvalue weighted by Gasteiger charge is 2.29. The molecule has 5 heteroatoms. The van der Waals surface area contributed by atoms with Crippen molar-refractivity contribution in [2.45, 2.75) is 39.2 Å². The van der Waals surface area contributed by atoms with Crippen molar-refractivity contribution in [3.05, 3.63) is 35.3 Å². The SMILES string of the molecule is COc1cc(C)c(-c2cn3c(n2)C(C(=O)O)CCC3)cc1C. The number of ether oxygens (including phenoxy) is 1. The molecule has 3 rings (SSSR count). The first-order valence-corrected chi connectivity index (χ1v) is 7.46.